The Kier molecular flexibility index (Phi) is 4.46. The fraction of sp³-hybridized carbons (Fsp3) is 0.944. The molecule has 0 radical (unpaired) electrons. The molecule has 2 aliphatic carbocycles. The molecular weight excluding hydrogens is 258 g/mol. The third kappa shape index (κ3) is 2.93. The normalized spacial score (nSPS) is 35.3. The molecule has 21 heavy (non-hydrogen) atoms. The van der Waals surface area contributed by atoms with E-state index < -0.39 is 0 Å². The standard InChI is InChI=1S/C18H33N3/c1-14(2)15-8-7-11-18(12-15)13-20-17(19)21(18)16-9-5-3-4-6-10-16/h14-16H,3-13H2,1-2H3,(H2,19,20). The molecule has 120 valence electrons. The average Bonchev–Trinajstić information content (AvgIpc) is 2.68. The number of aliphatic imine (C=N–C) groups is 1. The van der Waals surface area contributed by atoms with E-state index in [1.54, 1.807) is 0 Å². The van der Waals surface area contributed by atoms with Crippen LogP contribution >= 0.6 is 0 Å². The van der Waals surface area contributed by atoms with Crippen LogP contribution in [0.15, 0.2) is 4.99 Å². The van der Waals surface area contributed by atoms with Gasteiger partial charge in [0.2, 0.25) is 0 Å². The van der Waals surface area contributed by atoms with E-state index >= 15 is 0 Å². The summed E-state index contributed by atoms with van der Waals surface area (Å²) in [4.78, 5) is 7.32. The largest absolute Gasteiger partial charge is 0.370 e. The molecule has 3 nitrogen and oxygen atoms in total. The van der Waals surface area contributed by atoms with Gasteiger partial charge in [0.05, 0.1) is 12.1 Å². The summed E-state index contributed by atoms with van der Waals surface area (Å²) in [6.07, 6.45) is 13.6. The highest BCUT2D eigenvalue weighted by atomic mass is 15.4. The Labute approximate surface area is 130 Å². The van der Waals surface area contributed by atoms with E-state index in [0.717, 1.165) is 24.3 Å². The lowest BCUT2D eigenvalue weighted by Crippen LogP contribution is -2.58. The molecule has 2 atom stereocenters. The topological polar surface area (TPSA) is 41.6 Å². The monoisotopic (exact) mass is 291 g/mol. The smallest absolute Gasteiger partial charge is 0.192 e. The van der Waals surface area contributed by atoms with Crippen LogP contribution in [0.3, 0.4) is 0 Å². The fourth-order valence-electron chi connectivity index (χ4n) is 5.03. The molecule has 2 fully saturated rings. The van der Waals surface area contributed by atoms with Gasteiger partial charge >= 0.3 is 0 Å². The Morgan fingerprint density at radius 3 is 2.48 bits per heavy atom. The Morgan fingerprint density at radius 2 is 1.81 bits per heavy atom. The first kappa shape index (κ1) is 15.2. The molecule has 3 heteroatoms. The van der Waals surface area contributed by atoms with Gasteiger partial charge in [0.1, 0.15) is 0 Å². The molecule has 0 aromatic heterocycles. The van der Waals surface area contributed by atoms with Gasteiger partial charge in [-0.1, -0.05) is 52.4 Å². The van der Waals surface area contributed by atoms with Crippen molar-refractivity contribution in [2.75, 3.05) is 6.54 Å². The minimum absolute atomic E-state index is 0.270. The first-order valence-electron chi connectivity index (χ1n) is 9.22. The van der Waals surface area contributed by atoms with Crippen LogP contribution < -0.4 is 5.73 Å². The van der Waals surface area contributed by atoms with Crippen molar-refractivity contribution in [2.24, 2.45) is 22.6 Å². The van der Waals surface area contributed by atoms with Gasteiger partial charge in [0.25, 0.3) is 0 Å². The molecule has 0 bridgehead atoms. The summed E-state index contributed by atoms with van der Waals surface area (Å²) in [5.74, 6) is 2.50. The van der Waals surface area contributed by atoms with Crippen molar-refractivity contribution in [2.45, 2.75) is 89.6 Å². The fourth-order valence-corrected chi connectivity index (χ4v) is 5.03. The molecule has 1 spiro atoms. The zero-order chi connectivity index (χ0) is 14.9. The molecule has 3 rings (SSSR count). The van der Waals surface area contributed by atoms with Crippen LogP contribution in [0.1, 0.15) is 78.1 Å². The summed E-state index contributed by atoms with van der Waals surface area (Å²) >= 11 is 0. The summed E-state index contributed by atoms with van der Waals surface area (Å²) in [6, 6.07) is 0.657. The van der Waals surface area contributed by atoms with E-state index in [2.05, 4.69) is 18.7 Å². The van der Waals surface area contributed by atoms with Gasteiger partial charge in [-0.3, -0.25) is 4.99 Å². The predicted molar refractivity (Wildman–Crippen MR) is 89.3 cm³/mol. The van der Waals surface area contributed by atoms with Gasteiger partial charge in [-0.2, -0.15) is 0 Å². The molecular formula is C18H33N3. The van der Waals surface area contributed by atoms with Crippen LogP contribution in [0.4, 0.5) is 0 Å². The lowest BCUT2D eigenvalue weighted by Gasteiger charge is -2.49. The predicted octanol–water partition coefficient (Wildman–Crippen LogP) is 3.92. The van der Waals surface area contributed by atoms with Crippen LogP contribution in [-0.2, 0) is 0 Å². The second-order valence-corrected chi connectivity index (χ2v) is 8.01. The van der Waals surface area contributed by atoms with Crippen molar-refractivity contribution in [1.82, 2.24) is 4.90 Å². The molecule has 3 aliphatic rings. The van der Waals surface area contributed by atoms with Gasteiger partial charge in [-0.15, -0.1) is 0 Å². The Bertz CT molecular complexity index is 382. The second-order valence-electron chi connectivity index (χ2n) is 8.01. The summed E-state index contributed by atoms with van der Waals surface area (Å²) < 4.78 is 0. The third-order valence-electron chi connectivity index (χ3n) is 6.29. The van der Waals surface area contributed by atoms with Crippen molar-refractivity contribution in [3.05, 3.63) is 0 Å². The maximum atomic E-state index is 6.36. The number of nitrogens with two attached hydrogens (primary N) is 1. The molecule has 0 saturated heterocycles. The van der Waals surface area contributed by atoms with E-state index in [4.69, 9.17) is 10.7 Å². The third-order valence-corrected chi connectivity index (χ3v) is 6.29. The van der Waals surface area contributed by atoms with E-state index in [-0.39, 0.29) is 5.54 Å². The minimum Gasteiger partial charge on any atom is -0.370 e. The van der Waals surface area contributed by atoms with Gasteiger partial charge in [0, 0.05) is 6.04 Å². The van der Waals surface area contributed by atoms with Crippen molar-refractivity contribution < 1.29 is 0 Å². The maximum Gasteiger partial charge on any atom is 0.192 e. The number of rotatable bonds is 2. The number of hydrogen-bond donors (Lipinski definition) is 1. The van der Waals surface area contributed by atoms with Crippen LogP contribution in [0, 0.1) is 11.8 Å². The number of guanidine groups is 1. The van der Waals surface area contributed by atoms with E-state index in [1.807, 2.05) is 0 Å². The van der Waals surface area contributed by atoms with Gasteiger partial charge in [0.15, 0.2) is 5.96 Å². The molecule has 0 aromatic carbocycles. The number of nitrogens with zero attached hydrogens (tertiary/aromatic N) is 2. The molecule has 2 unspecified atom stereocenters. The lowest BCUT2D eigenvalue weighted by atomic mass is 9.70. The number of hydrogen-bond acceptors (Lipinski definition) is 3. The lowest BCUT2D eigenvalue weighted by molar-refractivity contribution is 0.0576. The highest BCUT2D eigenvalue weighted by molar-refractivity contribution is 5.81. The summed E-state index contributed by atoms with van der Waals surface area (Å²) in [6.45, 7) is 5.73. The van der Waals surface area contributed by atoms with Crippen LogP contribution in [0.25, 0.3) is 0 Å². The molecule has 2 saturated carbocycles. The first-order valence-corrected chi connectivity index (χ1v) is 9.22. The van der Waals surface area contributed by atoms with Gasteiger partial charge in [-0.25, -0.2) is 0 Å². The molecule has 0 amide bonds. The van der Waals surface area contributed by atoms with Crippen LogP contribution in [0.5, 0.6) is 0 Å². The summed E-state index contributed by atoms with van der Waals surface area (Å²) in [5.41, 5.74) is 6.63. The Balaban J connectivity index is 1.80. The second kappa shape index (κ2) is 6.18. The van der Waals surface area contributed by atoms with Crippen molar-refractivity contribution >= 4 is 5.96 Å². The van der Waals surface area contributed by atoms with Crippen molar-refractivity contribution in [3.63, 3.8) is 0 Å². The maximum absolute atomic E-state index is 6.36. The van der Waals surface area contributed by atoms with E-state index in [0.29, 0.717) is 6.04 Å². The zero-order valence-electron chi connectivity index (χ0n) is 14.0. The van der Waals surface area contributed by atoms with Crippen LogP contribution in [-0.4, -0.2) is 29.0 Å². The Morgan fingerprint density at radius 1 is 1.10 bits per heavy atom. The SMILES string of the molecule is CC(C)C1CCCC2(CN=C(N)N2C2CCCCCC2)C1. The minimum atomic E-state index is 0.270. The van der Waals surface area contributed by atoms with Gasteiger partial charge < -0.3 is 10.6 Å². The quantitative estimate of drug-likeness (QED) is 0.783. The van der Waals surface area contributed by atoms with Gasteiger partial charge in [-0.05, 0) is 37.5 Å². The van der Waals surface area contributed by atoms with Crippen LogP contribution in [0.2, 0.25) is 0 Å². The molecule has 1 heterocycles. The highest BCUT2D eigenvalue weighted by Gasteiger charge is 2.48. The Hall–Kier alpha value is -0.730. The van der Waals surface area contributed by atoms with E-state index in [9.17, 15) is 0 Å². The summed E-state index contributed by atoms with van der Waals surface area (Å²) in [5, 5.41) is 0. The molecule has 1 aliphatic heterocycles. The van der Waals surface area contributed by atoms with E-state index in [1.165, 1.54) is 64.2 Å². The summed E-state index contributed by atoms with van der Waals surface area (Å²) in [7, 11) is 0. The first-order chi connectivity index (χ1) is 10.1. The zero-order valence-corrected chi connectivity index (χ0v) is 14.0. The molecule has 0 aromatic rings. The highest BCUT2D eigenvalue weighted by Crippen LogP contribution is 2.44. The average molecular weight is 291 g/mol. The van der Waals surface area contributed by atoms with Crippen molar-refractivity contribution in [1.29, 1.82) is 0 Å². The van der Waals surface area contributed by atoms with Crippen molar-refractivity contribution in [3.8, 4) is 0 Å². The molecule has 2 N–H and O–H groups in total.